The molecule has 1 aliphatic carbocycles. The van der Waals surface area contributed by atoms with Crippen molar-refractivity contribution in [2.24, 2.45) is 0 Å². The van der Waals surface area contributed by atoms with Gasteiger partial charge in [-0.3, -0.25) is 0 Å². The molecule has 12 heteroatoms. The Morgan fingerprint density at radius 1 is 0.955 bits per heavy atom. The summed E-state index contributed by atoms with van der Waals surface area (Å²) in [5.41, 5.74) is 4.12. The van der Waals surface area contributed by atoms with Crippen molar-refractivity contribution in [2.45, 2.75) is 50.8 Å². The fraction of sp³-hybridized carbons (Fsp3) is 0.406. The van der Waals surface area contributed by atoms with E-state index in [1.165, 1.54) is 6.07 Å². The number of sulfonamides is 1. The molecule has 1 heterocycles. The zero-order valence-corrected chi connectivity index (χ0v) is 27.6. The molecule has 1 aliphatic heterocycles. The second-order valence-electron chi connectivity index (χ2n) is 10.0. The summed E-state index contributed by atoms with van der Waals surface area (Å²) in [5.74, 6) is 0.691. The van der Waals surface area contributed by atoms with E-state index in [1.54, 1.807) is 12.1 Å². The van der Waals surface area contributed by atoms with Gasteiger partial charge in [0.05, 0.1) is 23.0 Å². The zero-order valence-electron chi connectivity index (χ0n) is 26.0. The summed E-state index contributed by atoms with van der Waals surface area (Å²) in [6.07, 6.45) is 0.546. The molecular formula is C32H42N3O7S2+. The van der Waals surface area contributed by atoms with Crippen molar-refractivity contribution in [1.29, 1.82) is 0 Å². The van der Waals surface area contributed by atoms with Crippen LogP contribution >= 0.6 is 12.0 Å². The van der Waals surface area contributed by atoms with Crippen LogP contribution in [0.2, 0.25) is 0 Å². The molecule has 0 fully saturated rings. The van der Waals surface area contributed by atoms with Gasteiger partial charge in [-0.15, -0.1) is 4.33 Å². The molecule has 238 valence electrons. The first-order valence-corrected chi connectivity index (χ1v) is 17.2. The molecule has 2 N–H and O–H groups in total. The van der Waals surface area contributed by atoms with Gasteiger partial charge in [0.25, 0.3) is 0 Å². The molecule has 4 rings (SSSR count). The van der Waals surface area contributed by atoms with Gasteiger partial charge < -0.3 is 14.1 Å². The maximum absolute atomic E-state index is 13.2. The van der Waals surface area contributed by atoms with E-state index in [-0.39, 0.29) is 11.4 Å². The number of nitrogens with one attached hydrogen (secondary N) is 1. The van der Waals surface area contributed by atoms with Crippen LogP contribution in [0.25, 0.3) is 33.4 Å². The van der Waals surface area contributed by atoms with E-state index in [0.29, 0.717) is 41.4 Å². The number of hydrogen-bond donors (Lipinski definition) is 2. The van der Waals surface area contributed by atoms with E-state index >= 15 is 0 Å². The predicted octanol–water partition coefficient (Wildman–Crippen LogP) is 6.00. The fourth-order valence-corrected chi connectivity index (χ4v) is 7.05. The maximum atomic E-state index is 13.2. The quantitative estimate of drug-likeness (QED) is 0.0379. The van der Waals surface area contributed by atoms with Crippen LogP contribution in [-0.4, -0.2) is 59.6 Å². The van der Waals surface area contributed by atoms with Crippen molar-refractivity contribution in [2.75, 3.05) is 50.8 Å². The Hall–Kier alpha value is -2.97. The van der Waals surface area contributed by atoms with E-state index in [4.69, 9.17) is 18.7 Å². The third kappa shape index (κ3) is 7.63. The summed E-state index contributed by atoms with van der Waals surface area (Å²) in [6, 6.07) is 17.1. The second-order valence-corrected chi connectivity index (χ2v) is 12.5. The van der Waals surface area contributed by atoms with Gasteiger partial charge in [-0.25, -0.2) is 23.0 Å². The first-order chi connectivity index (χ1) is 21.3. The van der Waals surface area contributed by atoms with Crippen LogP contribution in [0.3, 0.4) is 0 Å². The summed E-state index contributed by atoms with van der Waals surface area (Å²) < 4.78 is 48.0. The number of rotatable bonds is 16. The van der Waals surface area contributed by atoms with Crippen molar-refractivity contribution in [3.63, 3.8) is 0 Å². The second kappa shape index (κ2) is 15.8. The molecule has 0 radical (unpaired) electrons. The summed E-state index contributed by atoms with van der Waals surface area (Å²) in [7, 11) is -3.83. The fourth-order valence-electron chi connectivity index (χ4n) is 5.33. The van der Waals surface area contributed by atoms with E-state index in [2.05, 4.69) is 59.1 Å². The largest absolute Gasteiger partial charge is 0.456 e. The van der Waals surface area contributed by atoms with E-state index in [1.807, 2.05) is 31.2 Å². The standard InChI is InChI=1S/C32H41N3O7S2/c1-6-34(7-2)23-12-15-26-29(20-23)40-30-21-24(35(8-3)9-4)13-16-27(30)32(26)28-17-14-25(22-31(28)43-42-41-36)44(37,38)33-18-11-19-39-10-5/h12-17,20-22,33H,6-11,18-19H2,1-5H3/p+1. The number of nitrogens with zero attached hydrogens (tertiary/aromatic N) is 2. The van der Waals surface area contributed by atoms with Crippen molar-refractivity contribution >= 4 is 38.7 Å². The first-order valence-electron chi connectivity index (χ1n) is 15.0. The maximum Gasteiger partial charge on any atom is 0.240 e. The molecule has 0 amide bonds. The van der Waals surface area contributed by atoms with E-state index in [0.717, 1.165) is 65.8 Å². The SMILES string of the molecule is CCOCCCNS(=O)(=O)c1ccc(-c2c3ccc(=[N+](CC)CC)cc-3oc3cc(N(CC)CC)ccc23)c(SOOO)c1. The molecule has 2 aromatic carbocycles. The van der Waals surface area contributed by atoms with E-state index < -0.39 is 10.0 Å². The summed E-state index contributed by atoms with van der Waals surface area (Å²) in [6.45, 7) is 15.0. The molecule has 0 bridgehead atoms. The average molecular weight is 645 g/mol. The Morgan fingerprint density at radius 2 is 1.70 bits per heavy atom. The third-order valence-corrected chi connectivity index (χ3v) is 9.70. The molecule has 0 saturated heterocycles. The summed E-state index contributed by atoms with van der Waals surface area (Å²) in [5, 5.41) is 14.8. The minimum absolute atomic E-state index is 0.0589. The Kier molecular flexibility index (Phi) is 12.2. The van der Waals surface area contributed by atoms with Crippen LogP contribution in [-0.2, 0) is 24.1 Å². The van der Waals surface area contributed by atoms with Crippen molar-refractivity contribution in [3.8, 4) is 22.5 Å². The molecule has 0 atom stereocenters. The first kappa shape index (κ1) is 33.9. The van der Waals surface area contributed by atoms with Crippen LogP contribution < -0.4 is 19.6 Å². The van der Waals surface area contributed by atoms with Crippen LogP contribution in [0.15, 0.2) is 68.8 Å². The normalized spacial score (nSPS) is 11.9. The molecular weight excluding hydrogens is 603 g/mol. The van der Waals surface area contributed by atoms with Gasteiger partial charge in [0.2, 0.25) is 15.4 Å². The average Bonchev–Trinajstić information content (AvgIpc) is 3.03. The minimum atomic E-state index is -3.83. The highest BCUT2D eigenvalue weighted by Gasteiger charge is 2.24. The smallest absolute Gasteiger partial charge is 0.240 e. The molecule has 0 saturated carbocycles. The van der Waals surface area contributed by atoms with Gasteiger partial charge in [0.1, 0.15) is 24.4 Å². The molecule has 44 heavy (non-hydrogen) atoms. The summed E-state index contributed by atoms with van der Waals surface area (Å²) in [4.78, 5) is 2.74. The third-order valence-electron chi connectivity index (χ3n) is 7.59. The highest BCUT2D eigenvalue weighted by molar-refractivity contribution is 7.94. The van der Waals surface area contributed by atoms with Gasteiger partial charge in [-0.05, 0) is 76.9 Å². The van der Waals surface area contributed by atoms with Gasteiger partial charge in [-0.2, -0.15) is 0 Å². The molecule has 10 nitrogen and oxygen atoms in total. The van der Waals surface area contributed by atoms with Gasteiger partial charge in [0.15, 0.2) is 0 Å². The van der Waals surface area contributed by atoms with Crippen LogP contribution in [0.1, 0.15) is 41.0 Å². The predicted molar refractivity (Wildman–Crippen MR) is 175 cm³/mol. The van der Waals surface area contributed by atoms with Crippen molar-refractivity contribution < 1.29 is 32.2 Å². The Morgan fingerprint density at radius 3 is 2.39 bits per heavy atom. The van der Waals surface area contributed by atoms with Crippen LogP contribution in [0.4, 0.5) is 5.69 Å². The monoisotopic (exact) mass is 644 g/mol. The number of hydrogen-bond acceptors (Lipinski definition) is 9. The summed E-state index contributed by atoms with van der Waals surface area (Å²) >= 11 is 0.723. The highest BCUT2D eigenvalue weighted by Crippen LogP contribution is 2.44. The Labute approximate surface area is 263 Å². The van der Waals surface area contributed by atoms with E-state index in [9.17, 15) is 8.42 Å². The lowest BCUT2D eigenvalue weighted by atomic mass is 9.93. The van der Waals surface area contributed by atoms with Gasteiger partial charge in [-0.1, -0.05) is 11.1 Å². The molecule has 2 aromatic rings. The lowest BCUT2D eigenvalue weighted by Crippen LogP contribution is -2.29. The van der Waals surface area contributed by atoms with Crippen LogP contribution in [0, 0.1) is 0 Å². The van der Waals surface area contributed by atoms with Crippen molar-refractivity contribution in [1.82, 2.24) is 9.30 Å². The topological polar surface area (TPSA) is 113 Å². The number of benzene rings is 3. The number of anilines is 1. The molecule has 0 aromatic heterocycles. The molecule has 0 unspecified atom stereocenters. The van der Waals surface area contributed by atoms with Gasteiger partial charge >= 0.3 is 0 Å². The number of ether oxygens (including phenoxy) is 1. The van der Waals surface area contributed by atoms with Crippen molar-refractivity contribution in [3.05, 3.63) is 60.0 Å². The lowest BCUT2D eigenvalue weighted by molar-refractivity contribution is -0.432. The Balaban J connectivity index is 1.95. The molecule has 2 aliphatic rings. The van der Waals surface area contributed by atoms with Gasteiger partial charge in [0, 0.05) is 72.1 Å². The lowest BCUT2D eigenvalue weighted by Gasteiger charge is -2.22. The zero-order chi connectivity index (χ0) is 31.7. The minimum Gasteiger partial charge on any atom is -0.456 e. The molecule has 0 spiro atoms. The number of fused-ring (bicyclic) bond motifs is 2. The van der Waals surface area contributed by atoms with Crippen LogP contribution in [0.5, 0.6) is 0 Å². The highest BCUT2D eigenvalue weighted by atomic mass is 32.2. The Bertz CT molecular complexity index is 1700.